The Hall–Kier alpha value is 0.660. The quantitative estimate of drug-likeness (QED) is 0.714. The van der Waals surface area contributed by atoms with Crippen LogP contribution in [-0.4, -0.2) is 47.0 Å². The molecule has 1 nitrogen and oxygen atoms in total. The summed E-state index contributed by atoms with van der Waals surface area (Å²) < 4.78 is 0.676. The molecule has 1 aliphatic carbocycles. The molecule has 0 radical (unpaired) electrons. The van der Waals surface area contributed by atoms with Crippen molar-refractivity contribution in [3.05, 3.63) is 0 Å². The minimum absolute atomic E-state index is 0.676. The van der Waals surface area contributed by atoms with E-state index in [1.54, 1.807) is 0 Å². The van der Waals surface area contributed by atoms with Crippen molar-refractivity contribution in [3.8, 4) is 0 Å². The second-order valence-electron chi connectivity index (χ2n) is 4.13. The Bertz CT molecular complexity index is 160. The van der Waals surface area contributed by atoms with Crippen molar-refractivity contribution >= 4 is 23.5 Å². The molecule has 1 aliphatic heterocycles. The fourth-order valence-electron chi connectivity index (χ4n) is 1.93. The zero-order chi connectivity index (χ0) is 9.15. The minimum Gasteiger partial charge on any atom is -0.301 e. The van der Waals surface area contributed by atoms with Gasteiger partial charge in [-0.2, -0.15) is 23.5 Å². The van der Waals surface area contributed by atoms with Gasteiger partial charge in [0.05, 0.1) is 0 Å². The normalized spacial score (nSPS) is 28.4. The Morgan fingerprint density at radius 1 is 1.31 bits per heavy atom. The third kappa shape index (κ3) is 2.80. The van der Waals surface area contributed by atoms with Crippen LogP contribution in [0, 0.1) is 0 Å². The first-order chi connectivity index (χ1) is 6.35. The summed E-state index contributed by atoms with van der Waals surface area (Å²) in [5.74, 6) is 2.73. The van der Waals surface area contributed by atoms with E-state index >= 15 is 0 Å². The van der Waals surface area contributed by atoms with Crippen LogP contribution < -0.4 is 0 Å². The van der Waals surface area contributed by atoms with E-state index in [1.807, 2.05) is 0 Å². The lowest BCUT2D eigenvalue weighted by molar-refractivity contribution is 0.292. The van der Waals surface area contributed by atoms with E-state index in [0.29, 0.717) is 4.75 Å². The van der Waals surface area contributed by atoms with E-state index in [9.17, 15) is 0 Å². The van der Waals surface area contributed by atoms with Crippen LogP contribution in [0.3, 0.4) is 0 Å². The van der Waals surface area contributed by atoms with Crippen molar-refractivity contribution in [2.75, 3.05) is 37.4 Å². The van der Waals surface area contributed by atoms with E-state index in [0.717, 1.165) is 0 Å². The molecule has 0 spiro atoms. The number of rotatable bonds is 3. The largest absolute Gasteiger partial charge is 0.301 e. The molecule has 13 heavy (non-hydrogen) atoms. The molecule has 2 rings (SSSR count). The second-order valence-corrected chi connectivity index (χ2v) is 6.63. The Morgan fingerprint density at radius 2 is 2.15 bits per heavy atom. The molecule has 0 bridgehead atoms. The highest BCUT2D eigenvalue weighted by molar-refractivity contribution is 8.00. The predicted molar refractivity (Wildman–Crippen MR) is 63.9 cm³/mol. The molecular formula is C10H19NS2. The van der Waals surface area contributed by atoms with Gasteiger partial charge in [-0.05, 0) is 37.8 Å². The molecule has 0 aromatic heterocycles. The van der Waals surface area contributed by atoms with Crippen LogP contribution in [0.15, 0.2) is 0 Å². The van der Waals surface area contributed by atoms with E-state index in [4.69, 9.17) is 0 Å². The topological polar surface area (TPSA) is 3.24 Å². The monoisotopic (exact) mass is 217 g/mol. The molecular weight excluding hydrogens is 198 g/mol. The highest BCUT2D eigenvalue weighted by atomic mass is 32.2. The van der Waals surface area contributed by atoms with Gasteiger partial charge in [-0.25, -0.2) is 0 Å². The fraction of sp³-hybridized carbons (Fsp3) is 1.00. The van der Waals surface area contributed by atoms with Crippen LogP contribution in [0.5, 0.6) is 0 Å². The summed E-state index contributed by atoms with van der Waals surface area (Å²) in [7, 11) is 0. The van der Waals surface area contributed by atoms with E-state index in [-0.39, 0.29) is 0 Å². The Morgan fingerprint density at radius 3 is 2.85 bits per heavy atom. The second kappa shape index (κ2) is 4.45. The summed E-state index contributed by atoms with van der Waals surface area (Å²) >= 11 is 4.22. The van der Waals surface area contributed by atoms with Gasteiger partial charge >= 0.3 is 0 Å². The Kier molecular flexibility index (Phi) is 3.49. The van der Waals surface area contributed by atoms with Gasteiger partial charge in [-0.3, -0.25) is 0 Å². The first-order valence-electron chi connectivity index (χ1n) is 5.20. The van der Waals surface area contributed by atoms with Crippen LogP contribution in [0.4, 0.5) is 0 Å². The Balaban J connectivity index is 1.79. The van der Waals surface area contributed by atoms with E-state index < -0.39 is 0 Å². The third-order valence-electron chi connectivity index (χ3n) is 3.07. The van der Waals surface area contributed by atoms with Crippen molar-refractivity contribution in [2.45, 2.75) is 24.0 Å². The van der Waals surface area contributed by atoms with Gasteiger partial charge in [-0.15, -0.1) is 0 Å². The molecule has 0 unspecified atom stereocenters. The molecule has 0 aromatic rings. The number of hydrogen-bond donors (Lipinski definition) is 0. The van der Waals surface area contributed by atoms with Gasteiger partial charge in [0, 0.05) is 23.6 Å². The highest BCUT2D eigenvalue weighted by Crippen LogP contribution is 2.47. The van der Waals surface area contributed by atoms with Crippen molar-refractivity contribution in [3.63, 3.8) is 0 Å². The maximum Gasteiger partial charge on any atom is 0.0285 e. The van der Waals surface area contributed by atoms with Gasteiger partial charge in [0.15, 0.2) is 0 Å². The fourth-order valence-corrected chi connectivity index (χ4v) is 3.68. The molecule has 2 aliphatic rings. The molecule has 1 saturated heterocycles. The lowest BCUT2D eigenvalue weighted by Crippen LogP contribution is -2.33. The number of hydrogen-bond acceptors (Lipinski definition) is 3. The smallest absolute Gasteiger partial charge is 0.0285 e. The van der Waals surface area contributed by atoms with E-state index in [2.05, 4.69) is 34.7 Å². The van der Waals surface area contributed by atoms with Crippen LogP contribution in [0.2, 0.25) is 0 Å². The number of thioether (sulfide) groups is 2. The lowest BCUT2D eigenvalue weighted by atomic mass is 10.3. The van der Waals surface area contributed by atoms with Gasteiger partial charge in [0.25, 0.3) is 0 Å². The van der Waals surface area contributed by atoms with E-state index in [1.165, 1.54) is 50.4 Å². The summed E-state index contributed by atoms with van der Waals surface area (Å²) in [4.78, 5) is 2.68. The van der Waals surface area contributed by atoms with Crippen molar-refractivity contribution in [2.24, 2.45) is 0 Å². The van der Waals surface area contributed by atoms with Gasteiger partial charge < -0.3 is 4.90 Å². The zero-order valence-corrected chi connectivity index (χ0v) is 10.1. The molecule has 1 heterocycles. The maximum atomic E-state index is 2.68. The molecule has 1 saturated carbocycles. The minimum atomic E-state index is 0.676. The van der Waals surface area contributed by atoms with Gasteiger partial charge in [0.1, 0.15) is 0 Å². The summed E-state index contributed by atoms with van der Waals surface area (Å²) in [6.07, 6.45) is 6.59. The van der Waals surface area contributed by atoms with Crippen LogP contribution in [0.25, 0.3) is 0 Å². The molecule has 76 valence electrons. The molecule has 2 fully saturated rings. The molecule has 0 atom stereocenters. The van der Waals surface area contributed by atoms with Crippen LogP contribution in [0.1, 0.15) is 19.3 Å². The lowest BCUT2D eigenvalue weighted by Gasteiger charge is -2.24. The summed E-state index contributed by atoms with van der Waals surface area (Å²) in [5, 5.41) is 0. The van der Waals surface area contributed by atoms with Crippen molar-refractivity contribution < 1.29 is 0 Å². The average Bonchev–Trinajstić information content (AvgIpc) is 2.92. The molecule has 0 amide bonds. The molecule has 0 aromatic carbocycles. The summed E-state index contributed by atoms with van der Waals surface area (Å²) in [5.41, 5.74) is 0. The molecule has 3 heteroatoms. The first kappa shape index (κ1) is 10.2. The van der Waals surface area contributed by atoms with Crippen molar-refractivity contribution in [1.82, 2.24) is 4.90 Å². The van der Waals surface area contributed by atoms with Gasteiger partial charge in [0.2, 0.25) is 0 Å². The Labute approximate surface area is 90.0 Å². The zero-order valence-electron chi connectivity index (χ0n) is 8.42. The van der Waals surface area contributed by atoms with Crippen LogP contribution in [-0.2, 0) is 0 Å². The summed E-state index contributed by atoms with van der Waals surface area (Å²) in [6, 6.07) is 0. The average molecular weight is 217 g/mol. The third-order valence-corrected chi connectivity index (χ3v) is 5.52. The standard InChI is InChI=1S/C10H19NS2/c1-12-10(3-4-10)9-11-5-2-7-13-8-6-11/h2-9H2,1H3. The van der Waals surface area contributed by atoms with Crippen molar-refractivity contribution in [1.29, 1.82) is 0 Å². The predicted octanol–water partition coefficient (Wildman–Crippen LogP) is 2.32. The van der Waals surface area contributed by atoms with Gasteiger partial charge in [-0.1, -0.05) is 0 Å². The summed E-state index contributed by atoms with van der Waals surface area (Å²) in [6.45, 7) is 4.02. The SMILES string of the molecule is CSC1(CN2CCCSCC2)CC1. The highest BCUT2D eigenvalue weighted by Gasteiger charge is 2.42. The first-order valence-corrected chi connectivity index (χ1v) is 7.58. The molecule has 0 N–H and O–H groups in total. The number of nitrogens with zero attached hydrogens (tertiary/aromatic N) is 1. The van der Waals surface area contributed by atoms with Crippen LogP contribution >= 0.6 is 23.5 Å². The maximum absolute atomic E-state index is 2.68.